The van der Waals surface area contributed by atoms with Gasteiger partial charge in [-0.15, -0.1) is 0 Å². The third kappa shape index (κ3) is 3.21. The first-order valence-electron chi connectivity index (χ1n) is 9.89. The second-order valence-corrected chi connectivity index (χ2v) is 8.63. The number of phenolic OH excluding ortho intramolecular Hbond substituents is 1. The van der Waals surface area contributed by atoms with Crippen molar-refractivity contribution >= 4 is 39.1 Å². The van der Waals surface area contributed by atoms with Crippen LogP contribution in [0, 0.1) is 12.8 Å². The van der Waals surface area contributed by atoms with Gasteiger partial charge in [-0.25, -0.2) is 9.96 Å². The number of aryl methyl sites for hydroxylation is 1. The molecule has 0 aromatic heterocycles. The van der Waals surface area contributed by atoms with Gasteiger partial charge in [-0.05, 0) is 55.0 Å². The third-order valence-corrected chi connectivity index (χ3v) is 6.19. The van der Waals surface area contributed by atoms with Gasteiger partial charge in [0.15, 0.2) is 6.10 Å². The highest BCUT2D eigenvalue weighted by Crippen LogP contribution is 2.49. The molecule has 7 heteroatoms. The molecular weight excluding hydrogens is 460 g/mol. The van der Waals surface area contributed by atoms with Crippen molar-refractivity contribution in [2.45, 2.75) is 19.1 Å². The second kappa shape index (κ2) is 7.51. The summed E-state index contributed by atoms with van der Waals surface area (Å²) in [6.07, 6.45) is -0.975. The zero-order valence-corrected chi connectivity index (χ0v) is 18.2. The highest BCUT2D eigenvalue weighted by Gasteiger charge is 2.60. The number of carbonyl (C=O) groups is 2. The highest BCUT2D eigenvalue weighted by atomic mass is 79.9. The first kappa shape index (κ1) is 19.8. The van der Waals surface area contributed by atoms with Crippen LogP contribution in [0.15, 0.2) is 77.3 Å². The predicted octanol–water partition coefficient (Wildman–Crippen LogP) is 4.51. The van der Waals surface area contributed by atoms with Gasteiger partial charge >= 0.3 is 0 Å². The maximum atomic E-state index is 13.6. The van der Waals surface area contributed by atoms with E-state index in [2.05, 4.69) is 15.9 Å². The molecule has 0 bridgehead atoms. The Labute approximate surface area is 187 Å². The number of benzene rings is 3. The van der Waals surface area contributed by atoms with Gasteiger partial charge in [0.1, 0.15) is 11.7 Å². The maximum Gasteiger partial charge on any atom is 0.266 e. The van der Waals surface area contributed by atoms with E-state index in [-0.39, 0.29) is 11.7 Å². The van der Waals surface area contributed by atoms with Gasteiger partial charge in [-0.3, -0.25) is 14.4 Å². The van der Waals surface area contributed by atoms with E-state index < -0.39 is 24.0 Å². The van der Waals surface area contributed by atoms with Crippen LogP contribution < -0.4 is 9.96 Å². The summed E-state index contributed by atoms with van der Waals surface area (Å²) in [4.78, 5) is 34.2. The first-order valence-corrected chi connectivity index (χ1v) is 10.7. The van der Waals surface area contributed by atoms with Gasteiger partial charge in [0.25, 0.3) is 5.91 Å². The molecule has 2 amide bonds. The molecule has 2 saturated heterocycles. The Bertz CT molecular complexity index is 1180. The van der Waals surface area contributed by atoms with E-state index in [0.29, 0.717) is 16.9 Å². The summed E-state index contributed by atoms with van der Waals surface area (Å²) in [5.41, 5.74) is 2.68. The van der Waals surface area contributed by atoms with Crippen molar-refractivity contribution in [1.82, 2.24) is 0 Å². The lowest BCUT2D eigenvalue weighted by Crippen LogP contribution is -2.37. The lowest BCUT2D eigenvalue weighted by atomic mass is 9.90. The monoisotopic (exact) mass is 478 g/mol. The molecule has 0 unspecified atom stereocenters. The van der Waals surface area contributed by atoms with Gasteiger partial charge in [0.2, 0.25) is 5.91 Å². The fourth-order valence-electron chi connectivity index (χ4n) is 4.31. The number of hydrogen-bond acceptors (Lipinski definition) is 5. The summed E-state index contributed by atoms with van der Waals surface area (Å²) in [5, 5.41) is 12.2. The number of hydroxylamine groups is 1. The van der Waals surface area contributed by atoms with Crippen LogP contribution in [0.25, 0.3) is 0 Å². The van der Waals surface area contributed by atoms with E-state index in [1.54, 1.807) is 35.4 Å². The van der Waals surface area contributed by atoms with Gasteiger partial charge in [-0.1, -0.05) is 46.3 Å². The van der Waals surface area contributed by atoms with E-state index in [1.807, 2.05) is 49.4 Å². The van der Waals surface area contributed by atoms with Crippen molar-refractivity contribution in [2.24, 2.45) is 5.92 Å². The minimum absolute atomic E-state index is 0.0348. The van der Waals surface area contributed by atoms with Crippen LogP contribution in [0.3, 0.4) is 0 Å². The fraction of sp³-hybridized carbons (Fsp3) is 0.167. The van der Waals surface area contributed by atoms with Crippen molar-refractivity contribution in [3.63, 3.8) is 0 Å². The molecular formula is C24H19BrN2O4. The standard InChI is InChI=1S/C24H19BrN2O4/c1-14-6-5-9-17(12-14)26-23(29)20-21(18-13-15(25)10-11-19(18)28)27(31-22(20)24(26)30)16-7-3-2-4-8-16/h2-13,20-22,28H,1H3/t20-,21+,22+/m1/s1. The quantitative estimate of drug-likeness (QED) is 0.560. The minimum atomic E-state index is -0.975. The van der Waals surface area contributed by atoms with E-state index in [1.165, 1.54) is 4.90 Å². The lowest BCUT2D eigenvalue weighted by Gasteiger charge is -2.29. The number of phenols is 1. The number of aromatic hydroxyl groups is 1. The molecule has 0 radical (unpaired) electrons. The summed E-state index contributed by atoms with van der Waals surface area (Å²) < 4.78 is 0.754. The topological polar surface area (TPSA) is 70.1 Å². The molecule has 3 aromatic rings. The number of fused-ring (bicyclic) bond motifs is 1. The van der Waals surface area contributed by atoms with Crippen LogP contribution in [0.1, 0.15) is 17.2 Å². The van der Waals surface area contributed by atoms with E-state index >= 15 is 0 Å². The van der Waals surface area contributed by atoms with Gasteiger partial charge in [-0.2, -0.15) is 0 Å². The van der Waals surface area contributed by atoms with Crippen molar-refractivity contribution in [3.8, 4) is 5.75 Å². The molecule has 2 aliphatic rings. The zero-order chi connectivity index (χ0) is 21.7. The molecule has 31 heavy (non-hydrogen) atoms. The molecule has 5 rings (SSSR count). The summed E-state index contributed by atoms with van der Waals surface area (Å²) in [5.74, 6) is -1.51. The smallest absolute Gasteiger partial charge is 0.266 e. The van der Waals surface area contributed by atoms with Crippen LogP contribution in [-0.2, 0) is 14.4 Å². The average molecular weight is 479 g/mol. The van der Waals surface area contributed by atoms with E-state index in [9.17, 15) is 14.7 Å². The van der Waals surface area contributed by atoms with Crippen molar-refractivity contribution in [2.75, 3.05) is 9.96 Å². The fourth-order valence-corrected chi connectivity index (χ4v) is 4.69. The number of carbonyl (C=O) groups excluding carboxylic acids is 2. The Morgan fingerprint density at radius 1 is 0.903 bits per heavy atom. The zero-order valence-electron chi connectivity index (χ0n) is 16.6. The van der Waals surface area contributed by atoms with Crippen molar-refractivity contribution < 1.29 is 19.5 Å². The molecule has 2 aliphatic heterocycles. The van der Waals surface area contributed by atoms with Gasteiger partial charge < -0.3 is 5.11 Å². The highest BCUT2D eigenvalue weighted by molar-refractivity contribution is 9.10. The van der Waals surface area contributed by atoms with Gasteiger partial charge in [0.05, 0.1) is 17.4 Å². The Hall–Kier alpha value is -3.16. The molecule has 1 N–H and O–H groups in total. The van der Waals surface area contributed by atoms with Crippen molar-refractivity contribution in [3.05, 3.63) is 88.4 Å². The number of anilines is 2. The van der Waals surface area contributed by atoms with Crippen LogP contribution in [0.5, 0.6) is 5.75 Å². The molecule has 3 atom stereocenters. The lowest BCUT2D eigenvalue weighted by molar-refractivity contribution is -0.126. The largest absolute Gasteiger partial charge is 0.508 e. The van der Waals surface area contributed by atoms with Crippen LogP contribution >= 0.6 is 15.9 Å². The summed E-state index contributed by atoms with van der Waals surface area (Å²) in [6.45, 7) is 1.91. The Morgan fingerprint density at radius 2 is 1.65 bits per heavy atom. The van der Waals surface area contributed by atoms with Crippen LogP contribution in [0.2, 0.25) is 0 Å². The van der Waals surface area contributed by atoms with Crippen LogP contribution in [-0.4, -0.2) is 23.0 Å². The third-order valence-electron chi connectivity index (χ3n) is 5.69. The number of para-hydroxylation sites is 1. The number of nitrogens with zero attached hydrogens (tertiary/aromatic N) is 2. The Kier molecular flexibility index (Phi) is 4.79. The molecule has 0 aliphatic carbocycles. The predicted molar refractivity (Wildman–Crippen MR) is 120 cm³/mol. The van der Waals surface area contributed by atoms with E-state index in [4.69, 9.17) is 4.84 Å². The minimum Gasteiger partial charge on any atom is -0.508 e. The second-order valence-electron chi connectivity index (χ2n) is 7.71. The maximum absolute atomic E-state index is 13.6. The molecule has 6 nitrogen and oxygen atoms in total. The summed E-state index contributed by atoms with van der Waals surface area (Å²) in [7, 11) is 0. The van der Waals surface area contributed by atoms with E-state index in [0.717, 1.165) is 10.0 Å². The number of hydrogen-bond donors (Lipinski definition) is 1. The van der Waals surface area contributed by atoms with Crippen molar-refractivity contribution in [1.29, 1.82) is 0 Å². The molecule has 0 spiro atoms. The first-order chi connectivity index (χ1) is 15.0. The molecule has 0 saturated carbocycles. The normalized spacial score (nSPS) is 22.8. The summed E-state index contributed by atoms with van der Waals surface area (Å²) >= 11 is 3.44. The number of rotatable bonds is 3. The number of imide groups is 1. The molecule has 156 valence electrons. The SMILES string of the molecule is Cc1cccc(N2C(=O)[C@H]3[C@H](ON(c4ccccc4)[C@H]3c3cc(Br)ccc3O)C2=O)c1. The molecule has 2 fully saturated rings. The Morgan fingerprint density at radius 3 is 2.39 bits per heavy atom. The van der Waals surface area contributed by atoms with Gasteiger partial charge in [0, 0.05) is 10.0 Å². The number of amides is 2. The van der Waals surface area contributed by atoms with Crippen LogP contribution in [0.4, 0.5) is 11.4 Å². The molecule has 2 heterocycles. The average Bonchev–Trinajstić information content (AvgIpc) is 3.26. The number of halogens is 1. The molecule has 3 aromatic carbocycles. The summed E-state index contributed by atoms with van der Waals surface area (Å²) in [6, 6.07) is 20.9. The Balaban J connectivity index is 1.63.